The molecule has 0 heterocycles. The SMILES string of the molecule is CCOC(=O)C1CC(C(=O)O)C1. The van der Waals surface area contributed by atoms with Gasteiger partial charge in [0, 0.05) is 0 Å². The molecule has 0 amide bonds. The van der Waals surface area contributed by atoms with Gasteiger partial charge in [0.2, 0.25) is 0 Å². The number of carboxylic acids is 1. The lowest BCUT2D eigenvalue weighted by atomic mass is 9.75. The molecule has 4 heteroatoms. The summed E-state index contributed by atoms with van der Waals surface area (Å²) in [7, 11) is 0. The van der Waals surface area contributed by atoms with Crippen molar-refractivity contribution in [3.63, 3.8) is 0 Å². The highest BCUT2D eigenvalue weighted by Gasteiger charge is 2.39. The van der Waals surface area contributed by atoms with Crippen molar-refractivity contribution in [2.24, 2.45) is 11.8 Å². The molecule has 1 aliphatic rings. The standard InChI is InChI=1S/C8H12O4/c1-2-12-8(11)6-3-5(4-6)7(9)10/h5-6H,2-4H2,1H3,(H,9,10). The van der Waals surface area contributed by atoms with Crippen LogP contribution in [0.2, 0.25) is 0 Å². The first-order valence-corrected chi connectivity index (χ1v) is 4.04. The van der Waals surface area contributed by atoms with Crippen molar-refractivity contribution in [3.05, 3.63) is 0 Å². The summed E-state index contributed by atoms with van der Waals surface area (Å²) in [6.07, 6.45) is 0.877. The molecule has 1 N–H and O–H groups in total. The van der Waals surface area contributed by atoms with Crippen molar-refractivity contribution < 1.29 is 19.4 Å². The van der Waals surface area contributed by atoms with Crippen molar-refractivity contribution in [1.29, 1.82) is 0 Å². The van der Waals surface area contributed by atoms with Crippen LogP contribution in [0.4, 0.5) is 0 Å². The van der Waals surface area contributed by atoms with E-state index in [1.54, 1.807) is 6.92 Å². The molecule has 0 atom stereocenters. The Morgan fingerprint density at radius 1 is 1.42 bits per heavy atom. The number of hydrogen-bond donors (Lipinski definition) is 1. The van der Waals surface area contributed by atoms with Gasteiger partial charge < -0.3 is 9.84 Å². The van der Waals surface area contributed by atoms with Gasteiger partial charge in [0.05, 0.1) is 18.4 Å². The largest absolute Gasteiger partial charge is 0.481 e. The fourth-order valence-electron chi connectivity index (χ4n) is 1.27. The van der Waals surface area contributed by atoms with E-state index in [9.17, 15) is 9.59 Å². The summed E-state index contributed by atoms with van der Waals surface area (Å²) in [5.74, 6) is -1.57. The van der Waals surface area contributed by atoms with Crippen LogP contribution in [-0.2, 0) is 14.3 Å². The Morgan fingerprint density at radius 2 is 2.00 bits per heavy atom. The highest BCUT2D eigenvalue weighted by molar-refractivity contribution is 5.79. The number of aliphatic carboxylic acids is 1. The Bertz CT molecular complexity index is 193. The summed E-state index contributed by atoms with van der Waals surface area (Å²) >= 11 is 0. The van der Waals surface area contributed by atoms with Crippen LogP contribution >= 0.6 is 0 Å². The van der Waals surface area contributed by atoms with Crippen LogP contribution in [0, 0.1) is 11.8 Å². The average Bonchev–Trinajstić information content (AvgIpc) is 1.82. The van der Waals surface area contributed by atoms with Crippen LogP contribution in [0.5, 0.6) is 0 Å². The minimum atomic E-state index is -0.810. The van der Waals surface area contributed by atoms with Crippen molar-refractivity contribution in [2.45, 2.75) is 19.8 Å². The second-order valence-corrected chi connectivity index (χ2v) is 2.96. The fraction of sp³-hybridized carbons (Fsp3) is 0.750. The summed E-state index contributed by atoms with van der Waals surface area (Å²) in [5, 5.41) is 8.51. The quantitative estimate of drug-likeness (QED) is 0.635. The summed E-state index contributed by atoms with van der Waals surface area (Å²) in [6, 6.07) is 0. The lowest BCUT2D eigenvalue weighted by molar-refractivity contribution is -0.158. The van der Waals surface area contributed by atoms with Crippen molar-refractivity contribution in [3.8, 4) is 0 Å². The first kappa shape index (κ1) is 9.03. The maximum Gasteiger partial charge on any atom is 0.308 e. The van der Waals surface area contributed by atoms with Gasteiger partial charge in [0.1, 0.15) is 0 Å². The summed E-state index contributed by atoms with van der Waals surface area (Å²) < 4.78 is 4.74. The third-order valence-electron chi connectivity index (χ3n) is 2.11. The predicted molar refractivity (Wildman–Crippen MR) is 40.5 cm³/mol. The number of carbonyl (C=O) groups is 2. The molecule has 1 saturated carbocycles. The topological polar surface area (TPSA) is 63.6 Å². The lowest BCUT2D eigenvalue weighted by Crippen LogP contribution is -2.36. The van der Waals surface area contributed by atoms with Crippen LogP contribution in [0.15, 0.2) is 0 Å². The zero-order valence-electron chi connectivity index (χ0n) is 6.95. The summed E-state index contributed by atoms with van der Waals surface area (Å²) in [6.45, 7) is 2.11. The maximum absolute atomic E-state index is 11.0. The van der Waals surface area contributed by atoms with Gasteiger partial charge >= 0.3 is 11.9 Å². The molecule has 0 saturated heterocycles. The van der Waals surface area contributed by atoms with Gasteiger partial charge in [-0.3, -0.25) is 9.59 Å². The van der Waals surface area contributed by atoms with Gasteiger partial charge in [-0.15, -0.1) is 0 Å². The van der Waals surface area contributed by atoms with E-state index >= 15 is 0 Å². The van der Waals surface area contributed by atoms with Crippen molar-refractivity contribution in [1.82, 2.24) is 0 Å². The molecule has 0 aromatic heterocycles. The molecule has 1 fully saturated rings. The van der Waals surface area contributed by atoms with Crippen LogP contribution in [0.3, 0.4) is 0 Å². The number of carboxylic acid groups (broad SMARTS) is 1. The predicted octanol–water partition coefficient (Wildman–Crippen LogP) is 0.660. The molecule has 12 heavy (non-hydrogen) atoms. The number of esters is 1. The highest BCUT2D eigenvalue weighted by Crippen LogP contribution is 2.34. The Labute approximate surface area is 70.5 Å². The molecule has 0 spiro atoms. The molecule has 0 bridgehead atoms. The fourth-order valence-corrected chi connectivity index (χ4v) is 1.27. The zero-order valence-corrected chi connectivity index (χ0v) is 6.95. The summed E-state index contributed by atoms with van der Waals surface area (Å²) in [5.41, 5.74) is 0. The third-order valence-corrected chi connectivity index (χ3v) is 2.11. The normalized spacial score (nSPS) is 27.4. The van der Waals surface area contributed by atoms with Crippen molar-refractivity contribution >= 4 is 11.9 Å². The van der Waals surface area contributed by atoms with Crippen LogP contribution in [-0.4, -0.2) is 23.7 Å². The first-order chi connectivity index (χ1) is 5.65. The van der Waals surface area contributed by atoms with E-state index in [-0.39, 0.29) is 17.8 Å². The third kappa shape index (κ3) is 1.75. The number of carbonyl (C=O) groups excluding carboxylic acids is 1. The minimum Gasteiger partial charge on any atom is -0.481 e. The Morgan fingerprint density at radius 3 is 2.42 bits per heavy atom. The molecule has 0 aromatic rings. The second kappa shape index (κ2) is 3.56. The van der Waals surface area contributed by atoms with Gasteiger partial charge in [-0.1, -0.05) is 0 Å². The molecular formula is C8H12O4. The van der Waals surface area contributed by atoms with Gasteiger partial charge in [-0.25, -0.2) is 0 Å². The monoisotopic (exact) mass is 172 g/mol. The molecule has 0 unspecified atom stereocenters. The van der Waals surface area contributed by atoms with E-state index in [4.69, 9.17) is 9.84 Å². The highest BCUT2D eigenvalue weighted by atomic mass is 16.5. The number of rotatable bonds is 3. The molecular weight excluding hydrogens is 160 g/mol. The van der Waals surface area contributed by atoms with Gasteiger partial charge in [-0.05, 0) is 19.8 Å². The Hall–Kier alpha value is -1.06. The molecule has 68 valence electrons. The Kier molecular flexibility index (Phi) is 2.68. The zero-order chi connectivity index (χ0) is 9.14. The molecule has 0 aliphatic heterocycles. The van der Waals surface area contributed by atoms with Crippen LogP contribution in [0.25, 0.3) is 0 Å². The van der Waals surface area contributed by atoms with Gasteiger partial charge in [0.25, 0.3) is 0 Å². The number of hydrogen-bond acceptors (Lipinski definition) is 3. The van der Waals surface area contributed by atoms with E-state index in [2.05, 4.69) is 0 Å². The van der Waals surface area contributed by atoms with E-state index in [1.165, 1.54) is 0 Å². The van der Waals surface area contributed by atoms with Gasteiger partial charge in [0.15, 0.2) is 0 Å². The average molecular weight is 172 g/mol. The smallest absolute Gasteiger partial charge is 0.308 e. The first-order valence-electron chi connectivity index (χ1n) is 4.04. The van der Waals surface area contributed by atoms with Crippen LogP contribution < -0.4 is 0 Å². The maximum atomic E-state index is 11.0. The molecule has 0 aromatic carbocycles. The molecule has 1 rings (SSSR count). The molecule has 4 nitrogen and oxygen atoms in total. The minimum absolute atomic E-state index is 0.175. The van der Waals surface area contributed by atoms with Gasteiger partial charge in [-0.2, -0.15) is 0 Å². The number of ether oxygens (including phenoxy) is 1. The van der Waals surface area contributed by atoms with E-state index in [0.717, 1.165) is 0 Å². The van der Waals surface area contributed by atoms with Crippen molar-refractivity contribution in [2.75, 3.05) is 6.61 Å². The Balaban J connectivity index is 2.25. The van der Waals surface area contributed by atoms with E-state index in [0.29, 0.717) is 19.4 Å². The lowest BCUT2D eigenvalue weighted by Gasteiger charge is -2.29. The molecule has 1 aliphatic carbocycles. The van der Waals surface area contributed by atoms with E-state index in [1.807, 2.05) is 0 Å². The molecule has 0 radical (unpaired) electrons. The van der Waals surface area contributed by atoms with Crippen LogP contribution in [0.1, 0.15) is 19.8 Å². The summed E-state index contributed by atoms with van der Waals surface area (Å²) in [4.78, 5) is 21.3. The second-order valence-electron chi connectivity index (χ2n) is 2.96. The van der Waals surface area contributed by atoms with E-state index < -0.39 is 5.97 Å².